The molecule has 3 aromatic heterocycles. The van der Waals surface area contributed by atoms with Crippen LogP contribution in [0, 0.1) is 29.5 Å². The highest BCUT2D eigenvalue weighted by Gasteiger charge is 2.56. The SMILES string of the molecule is CCc1nn2cc(F)c(N3CC4(CN(C(=O)[C@@]5(O)CCOC5)C4)C3)cc2c1N(C)c1nc(-c2ccc(C)cc2)c(C#N)s1. The summed E-state index contributed by atoms with van der Waals surface area (Å²) >= 11 is 1.32. The molecule has 12 heteroatoms. The van der Waals surface area contributed by atoms with Gasteiger partial charge in [-0.15, -0.1) is 0 Å². The van der Waals surface area contributed by atoms with Crippen molar-refractivity contribution in [3.63, 3.8) is 0 Å². The number of pyridine rings is 1. The van der Waals surface area contributed by atoms with Gasteiger partial charge in [0.25, 0.3) is 5.91 Å². The normalized spacial score (nSPS) is 20.7. The lowest BCUT2D eigenvalue weighted by Gasteiger charge is -2.61. The molecular weight excluding hydrogens is 569 g/mol. The molecule has 0 bridgehead atoms. The van der Waals surface area contributed by atoms with Crippen LogP contribution < -0.4 is 9.80 Å². The monoisotopic (exact) mass is 601 g/mol. The number of benzene rings is 1. The number of carbonyl (C=O) groups excluding carboxylic acids is 1. The second-order valence-corrected chi connectivity index (χ2v) is 13.0. The van der Waals surface area contributed by atoms with Crippen molar-refractivity contribution < 1.29 is 19.0 Å². The predicted octanol–water partition coefficient (Wildman–Crippen LogP) is 3.91. The first kappa shape index (κ1) is 27.8. The first-order chi connectivity index (χ1) is 20.6. The van der Waals surface area contributed by atoms with Gasteiger partial charge in [-0.25, -0.2) is 13.9 Å². The van der Waals surface area contributed by atoms with Gasteiger partial charge in [0.05, 0.1) is 42.0 Å². The molecule has 0 unspecified atom stereocenters. The van der Waals surface area contributed by atoms with E-state index in [1.807, 2.05) is 61.0 Å². The average molecular weight is 602 g/mol. The number of aryl methyl sites for hydroxylation is 2. The first-order valence-electron chi connectivity index (χ1n) is 14.4. The van der Waals surface area contributed by atoms with Crippen molar-refractivity contribution in [1.82, 2.24) is 19.5 Å². The third kappa shape index (κ3) is 4.45. The predicted molar refractivity (Wildman–Crippen MR) is 161 cm³/mol. The van der Waals surface area contributed by atoms with Crippen molar-refractivity contribution in [2.24, 2.45) is 5.41 Å². The summed E-state index contributed by atoms with van der Waals surface area (Å²) in [6.45, 7) is 6.79. The molecule has 1 N–H and O–H groups in total. The number of carbonyl (C=O) groups is 1. The number of hydrogen-bond acceptors (Lipinski definition) is 9. The smallest absolute Gasteiger partial charge is 0.257 e. The van der Waals surface area contributed by atoms with E-state index in [1.165, 1.54) is 17.5 Å². The maximum Gasteiger partial charge on any atom is 0.257 e. The second-order valence-electron chi connectivity index (χ2n) is 12.0. The minimum atomic E-state index is -1.42. The number of anilines is 3. The van der Waals surface area contributed by atoms with Crippen LogP contribution in [0.15, 0.2) is 36.5 Å². The molecule has 222 valence electrons. The lowest BCUT2D eigenvalue weighted by atomic mass is 9.72. The molecule has 1 atom stereocenters. The standard InChI is InChI=1S/C31H32FN7O3S/c1-4-22-27(36(3)29-34-26(25(12-33)43-29)20-7-5-19(2)6-8-20)24-11-23(21(32)13-39(24)35-22)37-14-30(15-37)16-38(17-30)28(40)31(41)9-10-42-18-31/h5-8,11,13,41H,4,9-10,14-18H2,1-3H3/t31-/m1/s1. The van der Waals surface area contributed by atoms with Crippen LogP contribution >= 0.6 is 11.3 Å². The molecule has 6 heterocycles. The number of nitriles is 1. The molecular formula is C31H32FN7O3S. The topological polar surface area (TPSA) is 110 Å². The molecule has 1 aromatic carbocycles. The molecule has 3 fully saturated rings. The molecule has 0 saturated carbocycles. The minimum absolute atomic E-state index is 0.0423. The number of thiazole rings is 1. The number of amides is 1. The third-order valence-corrected chi connectivity index (χ3v) is 9.91. The number of ether oxygens (including phenoxy) is 1. The van der Waals surface area contributed by atoms with Crippen LogP contribution in [0.3, 0.4) is 0 Å². The van der Waals surface area contributed by atoms with Crippen molar-refractivity contribution in [2.45, 2.75) is 32.3 Å². The van der Waals surface area contributed by atoms with Crippen LogP contribution in [-0.4, -0.2) is 82.6 Å². The number of aromatic nitrogens is 3. The molecule has 10 nitrogen and oxygen atoms in total. The van der Waals surface area contributed by atoms with E-state index in [0.29, 0.717) is 67.0 Å². The van der Waals surface area contributed by atoms with Crippen molar-refractivity contribution in [2.75, 3.05) is 56.2 Å². The van der Waals surface area contributed by atoms with Crippen molar-refractivity contribution in [3.8, 4) is 17.3 Å². The highest BCUT2D eigenvalue weighted by Crippen LogP contribution is 2.45. The fourth-order valence-corrected chi connectivity index (χ4v) is 7.38. The number of nitrogens with zero attached hydrogens (tertiary/aromatic N) is 7. The van der Waals surface area contributed by atoms with Gasteiger partial charge in [-0.05, 0) is 19.4 Å². The summed E-state index contributed by atoms with van der Waals surface area (Å²) in [7, 11) is 1.90. The zero-order valence-corrected chi connectivity index (χ0v) is 25.1. The summed E-state index contributed by atoms with van der Waals surface area (Å²) in [6, 6.07) is 12.1. The lowest BCUT2D eigenvalue weighted by molar-refractivity contribution is -0.165. The Labute approximate surface area is 252 Å². The highest BCUT2D eigenvalue weighted by molar-refractivity contribution is 7.16. The molecule has 0 aliphatic carbocycles. The summed E-state index contributed by atoms with van der Waals surface area (Å²) in [4.78, 5) is 23.8. The van der Waals surface area contributed by atoms with Crippen LogP contribution in [0.4, 0.5) is 20.9 Å². The van der Waals surface area contributed by atoms with Gasteiger partial charge in [-0.2, -0.15) is 10.4 Å². The highest BCUT2D eigenvalue weighted by atomic mass is 32.1. The van der Waals surface area contributed by atoms with Gasteiger partial charge in [0.2, 0.25) is 0 Å². The van der Waals surface area contributed by atoms with E-state index in [2.05, 4.69) is 11.2 Å². The number of fused-ring (bicyclic) bond motifs is 1. The van der Waals surface area contributed by atoms with Gasteiger partial charge in [0.15, 0.2) is 16.5 Å². The summed E-state index contributed by atoms with van der Waals surface area (Å²) in [5.74, 6) is -0.637. The summed E-state index contributed by atoms with van der Waals surface area (Å²) < 4.78 is 22.3. The fraction of sp³-hybridized carbons (Fsp3) is 0.419. The van der Waals surface area contributed by atoms with Gasteiger partial charge in [-0.3, -0.25) is 4.79 Å². The number of likely N-dealkylation sites (tertiary alicyclic amines) is 1. The van der Waals surface area contributed by atoms with Crippen molar-refractivity contribution in [3.05, 3.63) is 58.5 Å². The van der Waals surface area contributed by atoms with Crippen LogP contribution in [0.2, 0.25) is 0 Å². The number of aliphatic hydroxyl groups is 1. The average Bonchev–Trinajstić information content (AvgIpc) is 3.68. The van der Waals surface area contributed by atoms with Gasteiger partial charge in [0, 0.05) is 50.6 Å². The van der Waals surface area contributed by atoms with Crippen LogP contribution in [-0.2, 0) is 16.0 Å². The van der Waals surface area contributed by atoms with E-state index in [1.54, 1.807) is 9.42 Å². The molecule has 3 aliphatic rings. The van der Waals surface area contributed by atoms with E-state index in [4.69, 9.17) is 9.72 Å². The molecule has 43 heavy (non-hydrogen) atoms. The third-order valence-electron chi connectivity index (χ3n) is 8.88. The Balaban J connectivity index is 1.15. The fourth-order valence-electron chi connectivity index (χ4n) is 6.53. The van der Waals surface area contributed by atoms with E-state index in [-0.39, 0.29) is 23.7 Å². The van der Waals surface area contributed by atoms with Crippen molar-refractivity contribution >= 4 is 39.3 Å². The van der Waals surface area contributed by atoms with Crippen LogP contribution in [0.25, 0.3) is 16.8 Å². The Morgan fingerprint density at radius 1 is 1.26 bits per heavy atom. The van der Waals surface area contributed by atoms with E-state index < -0.39 is 5.60 Å². The molecule has 7 rings (SSSR count). The van der Waals surface area contributed by atoms with Gasteiger partial charge >= 0.3 is 0 Å². The lowest BCUT2D eigenvalue weighted by Crippen LogP contribution is -2.75. The summed E-state index contributed by atoms with van der Waals surface area (Å²) in [5, 5.41) is 25.8. The maximum absolute atomic E-state index is 15.4. The van der Waals surface area contributed by atoms with Gasteiger partial charge in [-0.1, -0.05) is 48.1 Å². The molecule has 3 aliphatic heterocycles. The zero-order chi connectivity index (χ0) is 30.1. The number of rotatable bonds is 6. The summed E-state index contributed by atoms with van der Waals surface area (Å²) in [6.07, 6.45) is 2.37. The van der Waals surface area contributed by atoms with Gasteiger partial charge < -0.3 is 24.5 Å². The van der Waals surface area contributed by atoms with E-state index in [9.17, 15) is 15.2 Å². The Hall–Kier alpha value is -4.05. The Morgan fingerprint density at radius 3 is 2.65 bits per heavy atom. The Kier molecular flexibility index (Phi) is 6.46. The van der Waals surface area contributed by atoms with Crippen LogP contribution in [0.5, 0.6) is 0 Å². The largest absolute Gasteiger partial charge is 0.378 e. The first-order valence-corrected chi connectivity index (χ1v) is 15.2. The molecule has 0 radical (unpaired) electrons. The molecule has 3 saturated heterocycles. The quantitative estimate of drug-likeness (QED) is 0.354. The zero-order valence-electron chi connectivity index (χ0n) is 24.3. The number of hydrogen-bond donors (Lipinski definition) is 1. The van der Waals surface area contributed by atoms with E-state index >= 15 is 4.39 Å². The minimum Gasteiger partial charge on any atom is -0.378 e. The molecule has 1 amide bonds. The summed E-state index contributed by atoms with van der Waals surface area (Å²) in [5.41, 5.74) is 3.98. The van der Waals surface area contributed by atoms with Crippen LogP contribution in [0.1, 0.15) is 29.5 Å². The number of halogens is 1. The molecule has 4 aromatic rings. The Bertz CT molecular complexity index is 1770. The maximum atomic E-state index is 15.4. The molecule has 1 spiro atoms. The van der Waals surface area contributed by atoms with E-state index in [0.717, 1.165) is 28.0 Å². The Morgan fingerprint density at radius 2 is 2.00 bits per heavy atom. The van der Waals surface area contributed by atoms with Crippen molar-refractivity contribution in [1.29, 1.82) is 5.26 Å². The van der Waals surface area contributed by atoms with Gasteiger partial charge in [0.1, 0.15) is 16.6 Å². The second kappa shape index (κ2) is 10.0.